The van der Waals surface area contributed by atoms with Gasteiger partial charge in [0, 0.05) is 44.3 Å². The van der Waals surface area contributed by atoms with E-state index in [-0.39, 0.29) is 17.5 Å². The molecule has 0 N–H and O–H groups in total. The Labute approximate surface area is 387 Å². The van der Waals surface area contributed by atoms with Crippen LogP contribution in [0.15, 0.2) is 153 Å². The van der Waals surface area contributed by atoms with E-state index in [1.54, 1.807) is 0 Å². The number of rotatable bonds is 4. The van der Waals surface area contributed by atoms with Crippen LogP contribution < -0.4 is 26.4 Å². The van der Waals surface area contributed by atoms with Crippen LogP contribution in [0.5, 0.6) is 0 Å². The summed E-state index contributed by atoms with van der Waals surface area (Å²) in [7, 11) is 0. The van der Waals surface area contributed by atoms with Crippen molar-refractivity contribution in [2.45, 2.75) is 80.1 Å². The van der Waals surface area contributed by atoms with Crippen LogP contribution in [0.2, 0.25) is 0 Å². The molecular formula is C60H53BN2O3. The smallest absolute Gasteiger partial charge is 0.297 e. The fourth-order valence-electron chi connectivity index (χ4n) is 11.0. The van der Waals surface area contributed by atoms with Crippen molar-refractivity contribution in [3.05, 3.63) is 173 Å². The molecule has 0 spiro atoms. The Hall–Kier alpha value is -7.18. The molecule has 5 heterocycles. The van der Waals surface area contributed by atoms with Gasteiger partial charge >= 0.3 is 0 Å². The third-order valence-electron chi connectivity index (χ3n) is 14.3. The third-order valence-corrected chi connectivity index (χ3v) is 14.3. The minimum absolute atomic E-state index is 0.000351. The highest BCUT2D eigenvalue weighted by Gasteiger charge is 2.47. The van der Waals surface area contributed by atoms with E-state index < -0.39 is 0 Å². The molecule has 12 rings (SSSR count). The monoisotopic (exact) mass is 860 g/mol. The van der Waals surface area contributed by atoms with Gasteiger partial charge in [0.1, 0.15) is 22.5 Å². The van der Waals surface area contributed by atoms with Crippen LogP contribution in [0.1, 0.15) is 74.9 Å². The normalized spacial score (nSPS) is 13.5. The van der Waals surface area contributed by atoms with Crippen LogP contribution in [0, 0.1) is 27.7 Å². The molecule has 7 aromatic carbocycles. The maximum atomic E-state index is 7.33. The number of benzene rings is 7. The van der Waals surface area contributed by atoms with Crippen molar-refractivity contribution in [2.24, 2.45) is 0 Å². The first-order valence-electron chi connectivity index (χ1n) is 23.3. The summed E-state index contributed by atoms with van der Waals surface area (Å²) in [5, 5.41) is 3.32. The largest absolute Gasteiger partial charge is 0.468 e. The first-order valence-corrected chi connectivity index (χ1v) is 23.3. The molecule has 5 nitrogen and oxygen atoms in total. The summed E-state index contributed by atoms with van der Waals surface area (Å²) in [5.74, 6) is 0.849. The van der Waals surface area contributed by atoms with Crippen molar-refractivity contribution >= 4 is 90.3 Å². The molecule has 2 aliphatic rings. The van der Waals surface area contributed by atoms with Crippen molar-refractivity contribution in [1.29, 1.82) is 0 Å². The number of hydrogen-bond donors (Lipinski definition) is 0. The average Bonchev–Trinajstić information content (AvgIpc) is 4.02. The molecule has 10 aromatic rings. The maximum Gasteiger partial charge on any atom is 0.297 e. The minimum atomic E-state index is -0.185. The standard InChI is InChI=1S/C60H53BN2O3/c1-34-26-40(45-33-64-51-21-14-12-17-43(45)51)27-35(2)56(34)63-48-19-15-18-47-54(48)61(58-57(63)44-32-41(59(5,6)7)23-25-52(44)66-58)46-24-22-39(53-31-38-16-11-13-20-50(38)65-53)30-49(46)62(47)55-36(3)28-42(29-37(55)4)60(8,9)10/h11-33H,1-10H3. The lowest BCUT2D eigenvalue weighted by Gasteiger charge is -2.43. The Bertz CT molecular complexity index is 3560. The van der Waals surface area contributed by atoms with Gasteiger partial charge in [0.2, 0.25) is 0 Å². The predicted octanol–water partition coefficient (Wildman–Crippen LogP) is 15.2. The van der Waals surface area contributed by atoms with E-state index in [4.69, 9.17) is 13.3 Å². The lowest BCUT2D eigenvalue weighted by Crippen LogP contribution is -2.61. The number of anilines is 6. The fraction of sp³-hybridized carbons (Fsp3) is 0.200. The molecule has 0 bridgehead atoms. The van der Waals surface area contributed by atoms with E-state index in [1.165, 1.54) is 50.0 Å². The topological polar surface area (TPSA) is 45.9 Å². The van der Waals surface area contributed by atoms with Gasteiger partial charge in [-0.05, 0) is 149 Å². The van der Waals surface area contributed by atoms with Crippen molar-refractivity contribution in [2.75, 3.05) is 9.80 Å². The highest BCUT2D eigenvalue weighted by molar-refractivity contribution is 7.00. The van der Waals surface area contributed by atoms with Gasteiger partial charge in [-0.1, -0.05) is 114 Å². The Morgan fingerprint density at radius 1 is 0.470 bits per heavy atom. The second-order valence-corrected chi connectivity index (χ2v) is 20.8. The highest BCUT2D eigenvalue weighted by Crippen LogP contribution is 2.51. The summed E-state index contributed by atoms with van der Waals surface area (Å²) < 4.78 is 20.0. The van der Waals surface area contributed by atoms with Gasteiger partial charge < -0.3 is 23.1 Å². The second kappa shape index (κ2) is 14.2. The number of aryl methyl sites for hydroxylation is 4. The molecule has 0 fully saturated rings. The van der Waals surface area contributed by atoms with E-state index in [0.717, 1.165) is 89.5 Å². The van der Waals surface area contributed by atoms with Gasteiger partial charge in [-0.2, -0.15) is 0 Å². The van der Waals surface area contributed by atoms with Crippen LogP contribution in [0.25, 0.3) is 55.4 Å². The van der Waals surface area contributed by atoms with Crippen LogP contribution in [-0.2, 0) is 10.8 Å². The minimum Gasteiger partial charge on any atom is -0.468 e. The summed E-state index contributed by atoms with van der Waals surface area (Å²) >= 11 is 0. The van der Waals surface area contributed by atoms with E-state index in [2.05, 4.69) is 188 Å². The predicted molar refractivity (Wildman–Crippen MR) is 277 cm³/mol. The van der Waals surface area contributed by atoms with Gasteiger partial charge in [0.25, 0.3) is 6.71 Å². The van der Waals surface area contributed by atoms with E-state index in [9.17, 15) is 0 Å². The zero-order valence-electron chi connectivity index (χ0n) is 39.5. The molecule has 0 amide bonds. The van der Waals surface area contributed by atoms with E-state index in [0.29, 0.717) is 0 Å². The zero-order chi connectivity index (χ0) is 45.6. The first kappa shape index (κ1) is 40.3. The van der Waals surface area contributed by atoms with E-state index in [1.807, 2.05) is 30.5 Å². The molecule has 6 heteroatoms. The zero-order valence-corrected chi connectivity index (χ0v) is 39.5. The number of nitrogens with zero attached hydrogens (tertiary/aromatic N) is 2. The van der Waals surface area contributed by atoms with Crippen molar-refractivity contribution in [1.82, 2.24) is 0 Å². The van der Waals surface area contributed by atoms with Crippen molar-refractivity contribution < 1.29 is 13.3 Å². The van der Waals surface area contributed by atoms with E-state index >= 15 is 0 Å². The van der Waals surface area contributed by atoms with Gasteiger partial charge in [0.15, 0.2) is 0 Å². The molecular weight excluding hydrogens is 807 g/mol. The van der Waals surface area contributed by atoms with Crippen LogP contribution >= 0.6 is 0 Å². The second-order valence-electron chi connectivity index (χ2n) is 20.8. The number of hydrogen-bond acceptors (Lipinski definition) is 5. The Morgan fingerprint density at radius 2 is 1.12 bits per heavy atom. The molecule has 0 aliphatic carbocycles. The number of para-hydroxylation sites is 2. The summed E-state index contributed by atoms with van der Waals surface area (Å²) in [6, 6.07) is 48.8. The van der Waals surface area contributed by atoms with Gasteiger partial charge in [0.05, 0.1) is 29.0 Å². The fourth-order valence-corrected chi connectivity index (χ4v) is 11.0. The quantitative estimate of drug-likeness (QED) is 0.165. The third kappa shape index (κ3) is 6.00. The molecule has 3 aromatic heterocycles. The maximum absolute atomic E-state index is 7.33. The lowest BCUT2D eigenvalue weighted by molar-refractivity contribution is 0.589. The molecule has 0 saturated carbocycles. The molecule has 0 radical (unpaired) electrons. The summed E-state index contributed by atoms with van der Waals surface area (Å²) in [4.78, 5) is 5.06. The Balaban J connectivity index is 1.15. The van der Waals surface area contributed by atoms with Crippen molar-refractivity contribution in [3.8, 4) is 22.5 Å². The molecule has 0 atom stereocenters. The van der Waals surface area contributed by atoms with Gasteiger partial charge in [-0.15, -0.1) is 0 Å². The van der Waals surface area contributed by atoms with Crippen LogP contribution in [0.4, 0.5) is 34.1 Å². The van der Waals surface area contributed by atoms with Crippen LogP contribution in [-0.4, -0.2) is 6.71 Å². The first-order chi connectivity index (χ1) is 31.6. The molecule has 0 saturated heterocycles. The highest BCUT2D eigenvalue weighted by atomic mass is 16.3. The summed E-state index contributed by atoms with van der Waals surface area (Å²) in [6.07, 6.45) is 1.90. The average molecular weight is 861 g/mol. The van der Waals surface area contributed by atoms with Gasteiger partial charge in [-0.25, -0.2) is 0 Å². The molecule has 0 unspecified atom stereocenters. The van der Waals surface area contributed by atoms with Crippen LogP contribution in [0.3, 0.4) is 0 Å². The summed E-state index contributed by atoms with van der Waals surface area (Å²) in [5.41, 5.74) is 23.5. The number of fused-ring (bicyclic) bond motifs is 8. The number of furan rings is 3. The van der Waals surface area contributed by atoms with Gasteiger partial charge in [-0.3, -0.25) is 0 Å². The summed E-state index contributed by atoms with van der Waals surface area (Å²) in [6.45, 7) is 22.6. The lowest BCUT2D eigenvalue weighted by atomic mass is 9.35. The SMILES string of the molecule is Cc1cc(C(C)(C)C)cc(C)c1N1c2cc(-c3cc4ccccc4o3)ccc2B2c3oc4ccc(C(C)(C)C)cc4c3N(c3c(C)cc(-c4coc5ccccc45)cc3C)c3cccc1c32. The Kier molecular flexibility index (Phi) is 8.66. The molecule has 324 valence electrons. The molecule has 2 aliphatic heterocycles. The van der Waals surface area contributed by atoms with Crippen molar-refractivity contribution in [3.63, 3.8) is 0 Å². The Morgan fingerprint density at radius 3 is 1.83 bits per heavy atom. The molecule has 66 heavy (non-hydrogen) atoms.